The Labute approximate surface area is 127 Å². The third-order valence-corrected chi connectivity index (χ3v) is 3.58. The van der Waals surface area contributed by atoms with E-state index in [0.717, 1.165) is 23.5 Å². The number of thiazole rings is 1. The zero-order valence-electron chi connectivity index (χ0n) is 11.5. The molecule has 0 spiro atoms. The number of nitrogens with zero attached hydrogens (tertiary/aromatic N) is 1. The Hall–Kier alpha value is -1.87. The smallest absolute Gasteiger partial charge is 0.383 e. The number of hydrogen-bond acceptors (Lipinski definition) is 5. The van der Waals surface area contributed by atoms with Crippen LogP contribution >= 0.6 is 11.3 Å². The van der Waals surface area contributed by atoms with Crippen LogP contribution in [0.2, 0.25) is 0 Å². The summed E-state index contributed by atoms with van der Waals surface area (Å²) in [4.78, 5) is 3.98. The molecule has 2 rings (SSSR count). The predicted octanol–water partition coefficient (Wildman–Crippen LogP) is 3.61. The van der Waals surface area contributed by atoms with Crippen LogP contribution in [-0.2, 0) is 10.9 Å². The Morgan fingerprint density at radius 1 is 1.32 bits per heavy atom. The lowest BCUT2D eigenvalue weighted by molar-refractivity contribution is -0.137. The average molecular weight is 335 g/mol. The lowest BCUT2D eigenvalue weighted by Gasteiger charge is -2.10. The number of benzene rings is 1. The number of methoxy groups -OCH3 is 1. The first kappa shape index (κ1) is 16.5. The molecule has 1 aromatic carbocycles. The number of ether oxygens (including phenoxy) is 1. The summed E-state index contributed by atoms with van der Waals surface area (Å²) in [7, 11) is 1.52. The minimum absolute atomic E-state index is 0.0141. The topological polar surface area (TPSA) is 60.2 Å². The highest BCUT2D eigenvalue weighted by Crippen LogP contribution is 2.38. The molecule has 0 aliphatic heterocycles. The van der Waals surface area contributed by atoms with Crippen molar-refractivity contribution < 1.29 is 22.3 Å². The third kappa shape index (κ3) is 3.86. The van der Waals surface area contributed by atoms with Gasteiger partial charge in [0.25, 0.3) is 0 Å². The van der Waals surface area contributed by atoms with E-state index < -0.39 is 17.6 Å². The fourth-order valence-corrected chi connectivity index (χ4v) is 2.59. The maximum atomic E-state index is 13.5. The van der Waals surface area contributed by atoms with Gasteiger partial charge in [0.2, 0.25) is 0 Å². The maximum Gasteiger partial charge on any atom is 0.416 e. The molecule has 3 N–H and O–H groups in total. The van der Waals surface area contributed by atoms with Gasteiger partial charge in [-0.15, -0.1) is 0 Å². The fraction of sp³-hybridized carbons (Fsp3) is 0.308. The van der Waals surface area contributed by atoms with Crippen LogP contribution in [-0.4, -0.2) is 25.2 Å². The van der Waals surface area contributed by atoms with Crippen molar-refractivity contribution in [2.24, 2.45) is 0 Å². The fourth-order valence-electron chi connectivity index (χ4n) is 1.81. The summed E-state index contributed by atoms with van der Waals surface area (Å²) in [5.41, 5.74) is 4.73. The van der Waals surface area contributed by atoms with Crippen LogP contribution in [0.4, 0.5) is 27.7 Å². The van der Waals surface area contributed by atoms with E-state index in [1.54, 1.807) is 0 Å². The zero-order chi connectivity index (χ0) is 16.3. The minimum atomic E-state index is -4.64. The van der Waals surface area contributed by atoms with Crippen molar-refractivity contribution in [1.82, 2.24) is 4.98 Å². The number of aromatic nitrogens is 1. The third-order valence-electron chi connectivity index (χ3n) is 2.73. The molecule has 0 saturated heterocycles. The molecule has 4 nitrogen and oxygen atoms in total. The summed E-state index contributed by atoms with van der Waals surface area (Å²) >= 11 is 1.08. The summed E-state index contributed by atoms with van der Waals surface area (Å²) in [5, 5.41) is 3.60. The molecular weight excluding hydrogens is 322 g/mol. The number of nitrogen functional groups attached to an aromatic ring is 1. The van der Waals surface area contributed by atoms with Crippen molar-refractivity contribution >= 4 is 21.5 Å². The van der Waals surface area contributed by atoms with Crippen LogP contribution in [0.3, 0.4) is 0 Å². The first-order chi connectivity index (χ1) is 10.3. The highest BCUT2D eigenvalue weighted by Gasteiger charge is 2.32. The number of nitrogens with two attached hydrogens (primary N) is 1. The van der Waals surface area contributed by atoms with Gasteiger partial charge in [-0.25, -0.2) is 9.37 Å². The Morgan fingerprint density at radius 3 is 2.68 bits per heavy atom. The molecule has 0 bridgehead atoms. The second-order valence-electron chi connectivity index (χ2n) is 4.38. The van der Waals surface area contributed by atoms with E-state index in [9.17, 15) is 17.6 Å². The number of alkyl halides is 3. The molecule has 0 saturated carbocycles. The van der Waals surface area contributed by atoms with Crippen molar-refractivity contribution in [3.05, 3.63) is 29.6 Å². The molecular formula is C13H13F4N3OS. The quantitative estimate of drug-likeness (QED) is 0.647. The molecule has 0 aliphatic rings. The molecule has 0 atom stereocenters. The van der Waals surface area contributed by atoms with E-state index in [2.05, 4.69) is 10.3 Å². The van der Waals surface area contributed by atoms with E-state index in [-0.39, 0.29) is 16.4 Å². The van der Waals surface area contributed by atoms with Crippen LogP contribution in [0.1, 0.15) is 5.56 Å². The lowest BCUT2D eigenvalue weighted by Crippen LogP contribution is -2.08. The molecule has 9 heteroatoms. The van der Waals surface area contributed by atoms with Gasteiger partial charge in [0.15, 0.2) is 5.13 Å². The molecule has 1 aromatic heterocycles. The number of halogens is 4. The second kappa shape index (κ2) is 6.49. The second-order valence-corrected chi connectivity index (χ2v) is 5.41. The standard InChI is InChI=1S/C13H13F4N3OS/c1-21-3-2-19-11-10(20-12(18)22-11)7-4-8(13(15,16)17)6-9(14)5-7/h4-6,19H,2-3H2,1H3,(H2,18,20). The molecule has 120 valence electrons. The van der Waals surface area contributed by atoms with Gasteiger partial charge in [-0.3, -0.25) is 0 Å². The summed E-state index contributed by atoms with van der Waals surface area (Å²) in [6, 6.07) is 2.28. The average Bonchev–Trinajstić information content (AvgIpc) is 2.78. The van der Waals surface area contributed by atoms with E-state index in [4.69, 9.17) is 10.5 Å². The first-order valence-electron chi connectivity index (χ1n) is 6.18. The molecule has 0 unspecified atom stereocenters. The summed E-state index contributed by atoms with van der Waals surface area (Å²) in [5.74, 6) is -0.987. The van der Waals surface area contributed by atoms with Gasteiger partial charge in [0.05, 0.1) is 12.2 Å². The van der Waals surface area contributed by atoms with Crippen LogP contribution < -0.4 is 11.1 Å². The zero-order valence-corrected chi connectivity index (χ0v) is 12.3. The molecule has 0 fully saturated rings. The summed E-state index contributed by atoms with van der Waals surface area (Å²) in [6.45, 7) is 0.820. The van der Waals surface area contributed by atoms with Crippen LogP contribution in [0.25, 0.3) is 11.3 Å². The van der Waals surface area contributed by atoms with Crippen LogP contribution in [0.5, 0.6) is 0 Å². The molecule has 0 radical (unpaired) electrons. The molecule has 1 heterocycles. The van der Waals surface area contributed by atoms with E-state index in [1.165, 1.54) is 7.11 Å². The Morgan fingerprint density at radius 2 is 2.05 bits per heavy atom. The Kier molecular flexibility index (Phi) is 4.87. The first-order valence-corrected chi connectivity index (χ1v) is 7.00. The van der Waals surface area contributed by atoms with E-state index in [1.807, 2.05) is 0 Å². The van der Waals surface area contributed by atoms with Gasteiger partial charge in [0.1, 0.15) is 16.5 Å². The van der Waals surface area contributed by atoms with Crippen molar-refractivity contribution in [3.8, 4) is 11.3 Å². The lowest BCUT2D eigenvalue weighted by atomic mass is 10.1. The van der Waals surface area contributed by atoms with Crippen molar-refractivity contribution in [3.63, 3.8) is 0 Å². The highest BCUT2D eigenvalue weighted by atomic mass is 32.1. The molecule has 0 amide bonds. The maximum absolute atomic E-state index is 13.5. The van der Waals surface area contributed by atoms with Gasteiger partial charge in [-0.2, -0.15) is 13.2 Å². The van der Waals surface area contributed by atoms with E-state index >= 15 is 0 Å². The van der Waals surface area contributed by atoms with Gasteiger partial charge < -0.3 is 15.8 Å². The Bertz CT molecular complexity index is 657. The molecule has 22 heavy (non-hydrogen) atoms. The van der Waals surface area contributed by atoms with Gasteiger partial charge in [0, 0.05) is 19.2 Å². The predicted molar refractivity (Wildman–Crippen MR) is 77.3 cm³/mol. The number of anilines is 2. The van der Waals surface area contributed by atoms with Crippen molar-refractivity contribution in [1.29, 1.82) is 0 Å². The van der Waals surface area contributed by atoms with Crippen molar-refractivity contribution in [2.45, 2.75) is 6.18 Å². The summed E-state index contributed by atoms with van der Waals surface area (Å²) in [6.07, 6.45) is -4.64. The van der Waals surface area contributed by atoms with Crippen molar-refractivity contribution in [2.75, 3.05) is 31.3 Å². The molecule has 2 aromatic rings. The number of nitrogens with one attached hydrogen (secondary N) is 1. The van der Waals surface area contributed by atoms with Crippen LogP contribution in [0, 0.1) is 5.82 Å². The van der Waals surface area contributed by atoms with Gasteiger partial charge >= 0.3 is 6.18 Å². The SMILES string of the molecule is COCCNc1sc(N)nc1-c1cc(F)cc(C(F)(F)F)c1. The molecule has 0 aliphatic carbocycles. The van der Waals surface area contributed by atoms with E-state index in [0.29, 0.717) is 24.2 Å². The van der Waals surface area contributed by atoms with Crippen LogP contribution in [0.15, 0.2) is 18.2 Å². The highest BCUT2D eigenvalue weighted by molar-refractivity contribution is 7.19. The minimum Gasteiger partial charge on any atom is -0.383 e. The number of rotatable bonds is 5. The van der Waals surface area contributed by atoms with Gasteiger partial charge in [-0.05, 0) is 18.2 Å². The largest absolute Gasteiger partial charge is 0.416 e. The number of hydrogen-bond donors (Lipinski definition) is 2. The summed E-state index contributed by atoms with van der Waals surface area (Å²) < 4.78 is 56.7. The van der Waals surface area contributed by atoms with Gasteiger partial charge in [-0.1, -0.05) is 11.3 Å². The Balaban J connectivity index is 2.41. The normalized spacial score (nSPS) is 11.7. The monoisotopic (exact) mass is 335 g/mol.